The Labute approximate surface area is 220 Å². The molecule has 39 heavy (non-hydrogen) atoms. The molecule has 0 atom stereocenters. The maximum atomic E-state index is 4.00. The van der Waals surface area contributed by atoms with Gasteiger partial charge in [-0.1, -0.05) is 72.8 Å². The molecule has 0 amide bonds. The van der Waals surface area contributed by atoms with Gasteiger partial charge in [-0.25, -0.2) is 15.3 Å². The number of nitrogens with one attached hydrogen (secondary N) is 3. The second-order valence-electron chi connectivity index (χ2n) is 8.78. The molecule has 0 saturated heterocycles. The van der Waals surface area contributed by atoms with E-state index < -0.39 is 0 Å². The Hall–Kier alpha value is -5.91. The molecule has 3 N–H and O–H groups in total. The van der Waals surface area contributed by atoms with E-state index in [1.807, 2.05) is 36.4 Å². The molecular weight excluding hydrogens is 492 g/mol. The summed E-state index contributed by atoms with van der Waals surface area (Å²) in [6, 6.07) is 31.0. The van der Waals surface area contributed by atoms with Gasteiger partial charge in [0.2, 0.25) is 0 Å². The van der Waals surface area contributed by atoms with Crippen molar-refractivity contribution in [2.24, 2.45) is 0 Å². The van der Waals surface area contributed by atoms with E-state index >= 15 is 0 Å². The van der Waals surface area contributed by atoms with E-state index in [-0.39, 0.29) is 0 Å². The third-order valence-electron chi connectivity index (χ3n) is 6.44. The molecule has 0 fully saturated rings. The minimum Gasteiger partial charge on any atom is -0.239 e. The first-order valence-electron chi connectivity index (χ1n) is 12.0. The lowest BCUT2D eigenvalue weighted by atomic mass is 9.92. The van der Waals surface area contributed by atoms with Crippen molar-refractivity contribution in [3.05, 3.63) is 91.0 Å². The first-order chi connectivity index (χ1) is 19.3. The summed E-state index contributed by atoms with van der Waals surface area (Å²) in [4.78, 5) is 0. The lowest BCUT2D eigenvalue weighted by Crippen LogP contribution is -1.88. The predicted molar refractivity (Wildman–Crippen MR) is 142 cm³/mol. The summed E-state index contributed by atoms with van der Waals surface area (Å²) in [7, 11) is 0. The van der Waals surface area contributed by atoms with Gasteiger partial charge in [0, 0.05) is 16.7 Å². The lowest BCUT2D eigenvalue weighted by molar-refractivity contribution is 0.881. The van der Waals surface area contributed by atoms with Crippen LogP contribution in [0.5, 0.6) is 0 Å². The van der Waals surface area contributed by atoms with Crippen molar-refractivity contribution < 1.29 is 0 Å². The van der Waals surface area contributed by atoms with Crippen molar-refractivity contribution in [2.75, 3.05) is 0 Å². The molecule has 0 aliphatic carbocycles. The average molecular weight is 511 g/mol. The summed E-state index contributed by atoms with van der Waals surface area (Å²) in [5.74, 6) is 1.88. The van der Waals surface area contributed by atoms with Crippen molar-refractivity contribution in [1.29, 1.82) is 0 Å². The molecule has 0 radical (unpaired) electrons. The third kappa shape index (κ3) is 4.42. The van der Waals surface area contributed by atoms with Gasteiger partial charge in [-0.3, -0.25) is 0 Å². The number of hydrogen-bond acceptors (Lipinski definition) is 9. The van der Waals surface area contributed by atoms with Gasteiger partial charge < -0.3 is 0 Å². The highest BCUT2D eigenvalue weighted by Gasteiger charge is 2.11. The quantitative estimate of drug-likeness (QED) is 0.297. The summed E-state index contributed by atoms with van der Waals surface area (Å²) in [5.41, 5.74) is 9.19. The SMILES string of the molecule is c1cc(-c2nnn[nH]2)ccc1-c1cc(-c2ccc(-c3nnn[nH]3)cc2)cc(-c2ccc(-c3nnn[nH]3)cc2)c1. The van der Waals surface area contributed by atoms with Gasteiger partial charge in [-0.05, 0) is 82.9 Å². The average Bonchev–Trinajstić information content (AvgIpc) is 3.82. The standard InChI is InChI=1S/C27H18N12/c1-7-19(25-28-34-35-29-25)8-2-16(1)22-13-23(17-3-9-20(10-4-17)26-30-36-37-31-26)15-24(14-22)18-5-11-21(12-6-18)27-32-38-39-33-27/h1-15H,(H,28,29,34,35)(H,30,31,36,37)(H,32,33,38,39). The molecule has 0 aliphatic rings. The molecule has 0 unspecified atom stereocenters. The third-order valence-corrected chi connectivity index (χ3v) is 6.44. The van der Waals surface area contributed by atoms with Gasteiger partial charge in [0.15, 0.2) is 17.5 Å². The molecule has 3 aromatic heterocycles. The highest BCUT2D eigenvalue weighted by Crippen LogP contribution is 2.34. The molecule has 12 heteroatoms. The van der Waals surface area contributed by atoms with Crippen molar-refractivity contribution >= 4 is 0 Å². The minimum absolute atomic E-state index is 0.625. The number of benzene rings is 4. The van der Waals surface area contributed by atoms with E-state index in [0.717, 1.165) is 50.1 Å². The monoisotopic (exact) mass is 510 g/mol. The van der Waals surface area contributed by atoms with Gasteiger partial charge >= 0.3 is 0 Å². The lowest BCUT2D eigenvalue weighted by Gasteiger charge is -2.12. The first kappa shape index (κ1) is 22.3. The molecule has 186 valence electrons. The zero-order chi connectivity index (χ0) is 26.0. The second kappa shape index (κ2) is 9.52. The van der Waals surface area contributed by atoms with Crippen LogP contribution in [0.2, 0.25) is 0 Å². The van der Waals surface area contributed by atoms with E-state index in [0.29, 0.717) is 17.5 Å². The Morgan fingerprint density at radius 3 is 0.795 bits per heavy atom. The maximum absolute atomic E-state index is 4.00. The van der Waals surface area contributed by atoms with Crippen LogP contribution in [-0.2, 0) is 0 Å². The van der Waals surface area contributed by atoms with Crippen LogP contribution in [0.1, 0.15) is 0 Å². The molecular formula is C27H18N12. The smallest absolute Gasteiger partial charge is 0.179 e. The van der Waals surface area contributed by atoms with Crippen LogP contribution in [0.25, 0.3) is 67.5 Å². The van der Waals surface area contributed by atoms with Gasteiger partial charge in [0.25, 0.3) is 0 Å². The van der Waals surface area contributed by atoms with Crippen LogP contribution in [0, 0.1) is 0 Å². The molecule has 0 saturated carbocycles. The van der Waals surface area contributed by atoms with Crippen LogP contribution in [0.4, 0.5) is 0 Å². The van der Waals surface area contributed by atoms with E-state index in [1.54, 1.807) is 0 Å². The molecule has 4 aromatic carbocycles. The fourth-order valence-electron chi connectivity index (χ4n) is 4.43. The van der Waals surface area contributed by atoms with Crippen molar-refractivity contribution in [2.45, 2.75) is 0 Å². The maximum Gasteiger partial charge on any atom is 0.179 e. The molecule has 7 rings (SSSR count). The van der Waals surface area contributed by atoms with Crippen molar-refractivity contribution in [3.8, 4) is 67.5 Å². The van der Waals surface area contributed by atoms with Gasteiger partial charge in [-0.15, -0.1) is 15.3 Å². The Balaban J connectivity index is 1.30. The molecule has 12 nitrogen and oxygen atoms in total. The van der Waals surface area contributed by atoms with E-state index in [1.165, 1.54) is 0 Å². The summed E-state index contributed by atoms with van der Waals surface area (Å²) >= 11 is 0. The summed E-state index contributed by atoms with van der Waals surface area (Å²) in [5, 5.41) is 42.4. The topological polar surface area (TPSA) is 163 Å². The minimum atomic E-state index is 0.625. The van der Waals surface area contributed by atoms with Crippen LogP contribution in [-0.4, -0.2) is 61.9 Å². The van der Waals surface area contributed by atoms with E-state index in [2.05, 4.69) is 116 Å². The molecule has 0 aliphatic heterocycles. The number of hydrogen-bond donors (Lipinski definition) is 3. The highest BCUT2D eigenvalue weighted by molar-refractivity contribution is 5.82. The first-order valence-corrected chi connectivity index (χ1v) is 12.0. The Morgan fingerprint density at radius 2 is 0.564 bits per heavy atom. The molecule has 3 heterocycles. The highest BCUT2D eigenvalue weighted by atomic mass is 15.5. The Bertz CT molecular complexity index is 1580. The largest absolute Gasteiger partial charge is 0.239 e. The number of H-pyrrole nitrogens is 3. The molecule has 0 spiro atoms. The van der Waals surface area contributed by atoms with Gasteiger partial charge in [0.05, 0.1) is 0 Å². The normalized spacial score (nSPS) is 11.1. The second-order valence-corrected chi connectivity index (χ2v) is 8.78. The van der Waals surface area contributed by atoms with E-state index in [4.69, 9.17) is 0 Å². The zero-order valence-electron chi connectivity index (χ0n) is 20.2. The van der Waals surface area contributed by atoms with Crippen molar-refractivity contribution in [1.82, 2.24) is 61.9 Å². The number of nitrogens with zero attached hydrogens (tertiary/aromatic N) is 9. The number of rotatable bonds is 6. The molecule has 7 aromatic rings. The number of aromatic nitrogens is 12. The van der Waals surface area contributed by atoms with E-state index in [9.17, 15) is 0 Å². The van der Waals surface area contributed by atoms with Crippen LogP contribution < -0.4 is 0 Å². The van der Waals surface area contributed by atoms with Crippen LogP contribution in [0.3, 0.4) is 0 Å². The fraction of sp³-hybridized carbons (Fsp3) is 0. The number of tetrazole rings is 3. The molecule has 0 bridgehead atoms. The fourth-order valence-corrected chi connectivity index (χ4v) is 4.43. The van der Waals surface area contributed by atoms with Crippen LogP contribution in [0.15, 0.2) is 91.0 Å². The van der Waals surface area contributed by atoms with Gasteiger partial charge in [-0.2, -0.15) is 0 Å². The predicted octanol–water partition coefficient (Wildman–Crippen LogP) is 4.23. The van der Waals surface area contributed by atoms with Crippen LogP contribution >= 0.6 is 0 Å². The summed E-state index contributed by atoms with van der Waals surface area (Å²) < 4.78 is 0. The zero-order valence-corrected chi connectivity index (χ0v) is 20.2. The van der Waals surface area contributed by atoms with Gasteiger partial charge in [0.1, 0.15) is 0 Å². The summed E-state index contributed by atoms with van der Waals surface area (Å²) in [6.07, 6.45) is 0. The van der Waals surface area contributed by atoms with Crippen molar-refractivity contribution in [3.63, 3.8) is 0 Å². The number of aromatic amines is 3. The Kier molecular flexibility index (Phi) is 5.44. The summed E-state index contributed by atoms with van der Waals surface area (Å²) in [6.45, 7) is 0. The Morgan fingerprint density at radius 1 is 0.308 bits per heavy atom.